The third kappa shape index (κ3) is 3.01. The van der Waals surface area contributed by atoms with Gasteiger partial charge in [-0.3, -0.25) is 0 Å². The van der Waals surface area contributed by atoms with Gasteiger partial charge >= 0.3 is 5.97 Å². The second-order valence-corrected chi connectivity index (χ2v) is 6.19. The van der Waals surface area contributed by atoms with Gasteiger partial charge in [0.25, 0.3) is 0 Å². The molecular formula is C16H19ClO4. The SMILES string of the molecule is COC(=O)c1ccc(OCC2(C3CCCO3)CC2)cc1Cl. The molecule has 5 heteroatoms. The van der Waals surface area contributed by atoms with E-state index in [4.69, 9.17) is 21.1 Å². The smallest absolute Gasteiger partial charge is 0.339 e. The summed E-state index contributed by atoms with van der Waals surface area (Å²) in [7, 11) is 1.33. The first-order valence-corrected chi connectivity index (χ1v) is 7.65. The summed E-state index contributed by atoms with van der Waals surface area (Å²) in [4.78, 5) is 11.5. The molecule has 1 heterocycles. The number of halogens is 1. The largest absolute Gasteiger partial charge is 0.493 e. The van der Waals surface area contributed by atoms with E-state index >= 15 is 0 Å². The molecule has 2 fully saturated rings. The molecule has 0 radical (unpaired) electrons. The van der Waals surface area contributed by atoms with E-state index in [0.29, 0.717) is 29.0 Å². The molecule has 1 aromatic rings. The Labute approximate surface area is 129 Å². The van der Waals surface area contributed by atoms with Crippen LogP contribution in [0.25, 0.3) is 0 Å². The number of esters is 1. The number of benzene rings is 1. The van der Waals surface area contributed by atoms with Gasteiger partial charge in [-0.15, -0.1) is 0 Å². The summed E-state index contributed by atoms with van der Waals surface area (Å²) in [6.07, 6.45) is 4.93. The Morgan fingerprint density at radius 3 is 2.86 bits per heavy atom. The van der Waals surface area contributed by atoms with Gasteiger partial charge in [-0.05, 0) is 43.9 Å². The van der Waals surface area contributed by atoms with Gasteiger partial charge in [0.05, 0.1) is 30.4 Å². The highest BCUT2D eigenvalue weighted by Crippen LogP contribution is 2.52. The van der Waals surface area contributed by atoms with E-state index in [1.807, 2.05) is 0 Å². The molecule has 1 saturated heterocycles. The monoisotopic (exact) mass is 310 g/mol. The lowest BCUT2D eigenvalue weighted by Crippen LogP contribution is -2.27. The predicted octanol–water partition coefficient (Wildman–Crippen LogP) is 3.46. The van der Waals surface area contributed by atoms with Crippen LogP contribution in [0, 0.1) is 5.41 Å². The van der Waals surface area contributed by atoms with Gasteiger partial charge in [0.1, 0.15) is 5.75 Å². The minimum atomic E-state index is -0.440. The van der Waals surface area contributed by atoms with Crippen LogP contribution in [0.15, 0.2) is 18.2 Å². The topological polar surface area (TPSA) is 44.8 Å². The van der Waals surface area contributed by atoms with Crippen molar-refractivity contribution >= 4 is 17.6 Å². The lowest BCUT2D eigenvalue weighted by atomic mass is 9.98. The number of hydrogen-bond acceptors (Lipinski definition) is 4. The zero-order valence-electron chi connectivity index (χ0n) is 12.1. The Bertz CT molecular complexity index is 533. The van der Waals surface area contributed by atoms with Crippen LogP contribution >= 0.6 is 11.6 Å². The predicted molar refractivity (Wildman–Crippen MR) is 78.9 cm³/mol. The van der Waals surface area contributed by atoms with Crippen molar-refractivity contribution in [2.75, 3.05) is 20.3 Å². The van der Waals surface area contributed by atoms with Crippen molar-refractivity contribution in [2.24, 2.45) is 5.41 Å². The second kappa shape index (κ2) is 5.85. The van der Waals surface area contributed by atoms with Gasteiger partial charge in [-0.2, -0.15) is 0 Å². The molecule has 0 spiro atoms. The molecule has 114 valence electrons. The molecule has 0 amide bonds. The van der Waals surface area contributed by atoms with E-state index in [9.17, 15) is 4.79 Å². The zero-order chi connectivity index (χ0) is 14.9. The molecule has 1 saturated carbocycles. The highest BCUT2D eigenvalue weighted by atomic mass is 35.5. The van der Waals surface area contributed by atoms with Crippen molar-refractivity contribution in [2.45, 2.75) is 31.8 Å². The maximum absolute atomic E-state index is 11.5. The first-order valence-electron chi connectivity index (χ1n) is 7.27. The third-order valence-corrected chi connectivity index (χ3v) is 4.69. The zero-order valence-corrected chi connectivity index (χ0v) is 12.8. The molecule has 1 atom stereocenters. The second-order valence-electron chi connectivity index (χ2n) is 5.79. The maximum Gasteiger partial charge on any atom is 0.339 e. The van der Waals surface area contributed by atoms with E-state index in [0.717, 1.165) is 32.3 Å². The van der Waals surface area contributed by atoms with Crippen LogP contribution in [-0.4, -0.2) is 32.4 Å². The Morgan fingerprint density at radius 2 is 2.29 bits per heavy atom. The minimum Gasteiger partial charge on any atom is -0.493 e. The lowest BCUT2D eigenvalue weighted by molar-refractivity contribution is 0.0285. The van der Waals surface area contributed by atoms with Gasteiger partial charge in [0, 0.05) is 12.0 Å². The summed E-state index contributed by atoms with van der Waals surface area (Å²) in [6.45, 7) is 1.51. The molecule has 4 nitrogen and oxygen atoms in total. The van der Waals surface area contributed by atoms with Crippen LogP contribution < -0.4 is 4.74 Å². The normalized spacial score (nSPS) is 22.9. The molecule has 0 N–H and O–H groups in total. The number of hydrogen-bond donors (Lipinski definition) is 0. The van der Waals surface area contributed by atoms with Crippen LogP contribution in [0.1, 0.15) is 36.0 Å². The fraction of sp³-hybridized carbons (Fsp3) is 0.562. The first-order chi connectivity index (χ1) is 10.1. The third-order valence-electron chi connectivity index (χ3n) is 4.38. The van der Waals surface area contributed by atoms with Crippen LogP contribution in [0.2, 0.25) is 5.02 Å². The van der Waals surface area contributed by atoms with E-state index in [-0.39, 0.29) is 5.41 Å². The van der Waals surface area contributed by atoms with E-state index < -0.39 is 5.97 Å². The molecule has 3 rings (SSSR count). The van der Waals surface area contributed by atoms with Crippen LogP contribution in [0.4, 0.5) is 0 Å². The van der Waals surface area contributed by atoms with Gasteiger partial charge < -0.3 is 14.2 Å². The summed E-state index contributed by atoms with van der Waals surface area (Å²) in [5, 5.41) is 0.348. The standard InChI is InChI=1S/C16H19ClO4/c1-19-15(18)12-5-4-11(9-13(12)17)21-10-16(6-7-16)14-3-2-8-20-14/h4-5,9,14H,2-3,6-8,10H2,1H3. The number of methoxy groups -OCH3 is 1. The first kappa shape index (κ1) is 14.7. The van der Waals surface area contributed by atoms with Crippen LogP contribution in [-0.2, 0) is 9.47 Å². The van der Waals surface area contributed by atoms with Crippen molar-refractivity contribution in [3.05, 3.63) is 28.8 Å². The number of carbonyl (C=O) groups is 1. The highest BCUT2D eigenvalue weighted by molar-refractivity contribution is 6.33. The molecule has 21 heavy (non-hydrogen) atoms. The molecule has 0 bridgehead atoms. The summed E-state index contributed by atoms with van der Waals surface area (Å²) in [5.74, 6) is 0.237. The maximum atomic E-state index is 11.5. The number of rotatable bonds is 5. The number of ether oxygens (including phenoxy) is 3. The van der Waals surface area contributed by atoms with E-state index in [2.05, 4.69) is 4.74 Å². The average molecular weight is 311 g/mol. The molecule has 1 unspecified atom stereocenters. The van der Waals surface area contributed by atoms with Crippen molar-refractivity contribution in [1.29, 1.82) is 0 Å². The molecule has 1 aliphatic heterocycles. The Hall–Kier alpha value is -1.26. The molecule has 1 aromatic carbocycles. The minimum absolute atomic E-state index is 0.185. The Kier molecular flexibility index (Phi) is 4.09. The lowest BCUT2D eigenvalue weighted by Gasteiger charge is -2.22. The van der Waals surface area contributed by atoms with Crippen molar-refractivity contribution in [3.63, 3.8) is 0 Å². The Balaban J connectivity index is 1.63. The van der Waals surface area contributed by atoms with Gasteiger partial charge in [-0.25, -0.2) is 4.79 Å². The summed E-state index contributed by atoms with van der Waals surface area (Å²) in [5.41, 5.74) is 0.538. The summed E-state index contributed by atoms with van der Waals surface area (Å²) < 4.78 is 16.3. The summed E-state index contributed by atoms with van der Waals surface area (Å²) >= 11 is 6.09. The van der Waals surface area contributed by atoms with Crippen molar-refractivity contribution in [3.8, 4) is 5.75 Å². The number of carbonyl (C=O) groups excluding carboxylic acids is 1. The fourth-order valence-corrected chi connectivity index (χ4v) is 3.12. The average Bonchev–Trinajstić information content (AvgIpc) is 3.07. The van der Waals surface area contributed by atoms with Crippen LogP contribution in [0.3, 0.4) is 0 Å². The van der Waals surface area contributed by atoms with Gasteiger partial charge in [-0.1, -0.05) is 11.6 Å². The fourth-order valence-electron chi connectivity index (χ4n) is 2.87. The highest BCUT2D eigenvalue weighted by Gasteiger charge is 2.51. The molecule has 2 aliphatic rings. The Morgan fingerprint density at radius 1 is 1.48 bits per heavy atom. The van der Waals surface area contributed by atoms with Crippen molar-refractivity contribution < 1.29 is 19.0 Å². The van der Waals surface area contributed by atoms with E-state index in [1.54, 1.807) is 18.2 Å². The van der Waals surface area contributed by atoms with Crippen molar-refractivity contribution in [1.82, 2.24) is 0 Å². The molecule has 0 aromatic heterocycles. The quantitative estimate of drug-likeness (QED) is 0.781. The van der Waals surface area contributed by atoms with E-state index in [1.165, 1.54) is 7.11 Å². The molecule has 1 aliphatic carbocycles. The summed E-state index contributed by atoms with van der Waals surface area (Å²) in [6, 6.07) is 5.05. The van der Waals surface area contributed by atoms with Gasteiger partial charge in [0.2, 0.25) is 0 Å². The van der Waals surface area contributed by atoms with Crippen LogP contribution in [0.5, 0.6) is 5.75 Å². The molecular weight excluding hydrogens is 292 g/mol. The van der Waals surface area contributed by atoms with Gasteiger partial charge in [0.15, 0.2) is 0 Å².